The molecule has 0 spiro atoms. The number of fused-ring (bicyclic) bond motifs is 9. The summed E-state index contributed by atoms with van der Waals surface area (Å²) in [6.07, 6.45) is 0. The van der Waals surface area contributed by atoms with Crippen LogP contribution < -0.4 is 0 Å². The van der Waals surface area contributed by atoms with E-state index in [1.165, 1.54) is 10.8 Å². The summed E-state index contributed by atoms with van der Waals surface area (Å²) in [6.45, 7) is 0. The fraction of sp³-hybridized carbons (Fsp3) is 0. The van der Waals surface area contributed by atoms with Crippen LogP contribution in [0.25, 0.3) is 117 Å². The molecule has 0 radical (unpaired) electrons. The van der Waals surface area contributed by atoms with E-state index in [-0.39, 0.29) is 0 Å². The van der Waals surface area contributed by atoms with Crippen molar-refractivity contribution in [3.05, 3.63) is 182 Å². The van der Waals surface area contributed by atoms with E-state index in [1.807, 2.05) is 78.9 Å². The van der Waals surface area contributed by atoms with Gasteiger partial charge < -0.3 is 13.4 Å². The second-order valence-electron chi connectivity index (χ2n) is 14.4. The zero-order valence-corrected chi connectivity index (χ0v) is 30.4. The molecule has 12 aromatic rings. The first-order valence-electron chi connectivity index (χ1n) is 19.0. The number of furan rings is 2. The number of aromatic nitrogens is 4. The summed E-state index contributed by atoms with van der Waals surface area (Å²) in [6, 6.07) is 62.6. The van der Waals surface area contributed by atoms with Crippen molar-refractivity contribution in [2.45, 2.75) is 0 Å². The Morgan fingerprint density at radius 1 is 0.351 bits per heavy atom. The molecule has 0 saturated carbocycles. The van der Waals surface area contributed by atoms with Crippen molar-refractivity contribution >= 4 is 65.7 Å². The normalized spacial score (nSPS) is 11.9. The molecule has 57 heavy (non-hydrogen) atoms. The van der Waals surface area contributed by atoms with Gasteiger partial charge in [-0.05, 0) is 65.7 Å². The molecule has 0 saturated heterocycles. The largest absolute Gasteiger partial charge is 0.456 e. The van der Waals surface area contributed by atoms with Crippen molar-refractivity contribution in [2.24, 2.45) is 0 Å². The molecule has 0 amide bonds. The summed E-state index contributed by atoms with van der Waals surface area (Å²) in [4.78, 5) is 14.9. The van der Waals surface area contributed by atoms with Crippen molar-refractivity contribution in [2.75, 3.05) is 0 Å². The molecular weight excluding hydrogens is 701 g/mol. The number of benzene rings is 8. The maximum atomic E-state index is 6.73. The average molecular weight is 731 g/mol. The quantitative estimate of drug-likeness (QED) is 0.176. The summed E-state index contributed by atoms with van der Waals surface area (Å²) in [5, 5.41) is 6.59. The molecule has 0 aliphatic heterocycles. The van der Waals surface area contributed by atoms with Crippen LogP contribution in [-0.2, 0) is 0 Å². The SMILES string of the molecule is c1ccc(-c2nc(-c3ccccc3)nc(-c3ccc4oc5cccc(-c6ccc7oc8c(-n9c%10ccccc%10c%10ccccc%109)cccc8c7c6)c5c4c3)n2)cc1. The van der Waals surface area contributed by atoms with E-state index in [0.717, 1.165) is 88.4 Å². The Balaban J connectivity index is 1.02. The van der Waals surface area contributed by atoms with Gasteiger partial charge in [-0.15, -0.1) is 0 Å². The number of hydrogen-bond acceptors (Lipinski definition) is 5. The van der Waals surface area contributed by atoms with Gasteiger partial charge >= 0.3 is 0 Å². The van der Waals surface area contributed by atoms with Crippen LogP contribution in [0, 0.1) is 0 Å². The van der Waals surface area contributed by atoms with Gasteiger partial charge in [-0.25, -0.2) is 15.0 Å². The van der Waals surface area contributed by atoms with Gasteiger partial charge in [-0.2, -0.15) is 0 Å². The van der Waals surface area contributed by atoms with E-state index >= 15 is 0 Å². The highest BCUT2D eigenvalue weighted by Crippen LogP contribution is 2.42. The number of nitrogens with zero attached hydrogens (tertiary/aromatic N) is 4. The molecule has 12 rings (SSSR count). The van der Waals surface area contributed by atoms with E-state index in [1.54, 1.807) is 0 Å². The van der Waals surface area contributed by atoms with E-state index < -0.39 is 0 Å². The molecule has 0 N–H and O–H groups in total. The Morgan fingerprint density at radius 3 is 1.58 bits per heavy atom. The van der Waals surface area contributed by atoms with E-state index in [0.29, 0.717) is 17.5 Å². The third kappa shape index (κ3) is 4.94. The van der Waals surface area contributed by atoms with Crippen LogP contribution in [-0.4, -0.2) is 19.5 Å². The van der Waals surface area contributed by atoms with Crippen LogP contribution in [0.15, 0.2) is 191 Å². The van der Waals surface area contributed by atoms with Gasteiger partial charge in [0.1, 0.15) is 16.7 Å². The number of para-hydroxylation sites is 3. The predicted octanol–water partition coefficient (Wildman–Crippen LogP) is 13.4. The maximum Gasteiger partial charge on any atom is 0.164 e. The second kappa shape index (κ2) is 12.3. The first kappa shape index (κ1) is 31.5. The van der Waals surface area contributed by atoms with Crippen molar-refractivity contribution in [1.29, 1.82) is 0 Å². The van der Waals surface area contributed by atoms with Crippen LogP contribution in [0.1, 0.15) is 0 Å². The fourth-order valence-electron chi connectivity index (χ4n) is 8.45. The van der Waals surface area contributed by atoms with Gasteiger partial charge in [0.05, 0.1) is 16.7 Å². The van der Waals surface area contributed by atoms with E-state index in [2.05, 4.69) is 108 Å². The minimum absolute atomic E-state index is 0.599. The van der Waals surface area contributed by atoms with E-state index in [9.17, 15) is 0 Å². The predicted molar refractivity (Wildman–Crippen MR) is 230 cm³/mol. The summed E-state index contributed by atoms with van der Waals surface area (Å²) in [5.41, 5.74) is 11.5. The topological polar surface area (TPSA) is 69.9 Å². The first-order valence-corrected chi connectivity index (χ1v) is 19.0. The van der Waals surface area contributed by atoms with Gasteiger partial charge in [0.2, 0.25) is 0 Å². The number of hydrogen-bond donors (Lipinski definition) is 0. The third-order valence-corrected chi connectivity index (χ3v) is 11.1. The number of rotatable bonds is 5. The molecule has 0 fully saturated rings. The summed E-state index contributed by atoms with van der Waals surface area (Å²) in [7, 11) is 0. The Labute approximate surface area is 325 Å². The lowest BCUT2D eigenvalue weighted by Crippen LogP contribution is -2.00. The molecule has 0 unspecified atom stereocenters. The van der Waals surface area contributed by atoms with Crippen LogP contribution in [0.4, 0.5) is 0 Å². The lowest BCUT2D eigenvalue weighted by atomic mass is 9.97. The monoisotopic (exact) mass is 730 g/mol. The zero-order chi connectivity index (χ0) is 37.5. The molecule has 266 valence electrons. The van der Waals surface area contributed by atoms with Crippen LogP contribution in [0.2, 0.25) is 0 Å². The van der Waals surface area contributed by atoms with E-state index in [4.69, 9.17) is 23.8 Å². The average Bonchev–Trinajstić information content (AvgIpc) is 3.96. The van der Waals surface area contributed by atoms with Crippen molar-refractivity contribution in [1.82, 2.24) is 19.5 Å². The molecule has 0 bridgehead atoms. The highest BCUT2D eigenvalue weighted by molar-refractivity contribution is 6.16. The van der Waals surface area contributed by atoms with Crippen molar-refractivity contribution in [3.63, 3.8) is 0 Å². The minimum atomic E-state index is 0.599. The van der Waals surface area contributed by atoms with Crippen molar-refractivity contribution < 1.29 is 8.83 Å². The van der Waals surface area contributed by atoms with Gasteiger partial charge in [0.25, 0.3) is 0 Å². The highest BCUT2D eigenvalue weighted by Gasteiger charge is 2.20. The zero-order valence-electron chi connectivity index (χ0n) is 30.4. The van der Waals surface area contributed by atoms with Crippen LogP contribution >= 0.6 is 0 Å². The maximum absolute atomic E-state index is 6.73. The first-order chi connectivity index (χ1) is 28.2. The Hall–Kier alpha value is -7.83. The fourth-order valence-corrected chi connectivity index (χ4v) is 8.45. The summed E-state index contributed by atoms with van der Waals surface area (Å²) >= 11 is 0. The molecular formula is C51H30N4O2. The van der Waals surface area contributed by atoms with Gasteiger partial charge in [0, 0.05) is 49.0 Å². The lowest BCUT2D eigenvalue weighted by Gasteiger charge is -2.09. The molecule has 8 aromatic carbocycles. The summed E-state index contributed by atoms with van der Waals surface area (Å²) < 4.78 is 15.5. The highest BCUT2D eigenvalue weighted by atomic mass is 16.3. The van der Waals surface area contributed by atoms with Crippen molar-refractivity contribution in [3.8, 4) is 51.0 Å². The third-order valence-electron chi connectivity index (χ3n) is 11.1. The molecule has 6 heteroatoms. The Bertz CT molecular complexity index is 3410. The van der Waals surface area contributed by atoms with Gasteiger partial charge in [-0.3, -0.25) is 0 Å². The Kier molecular flexibility index (Phi) is 6.83. The minimum Gasteiger partial charge on any atom is -0.456 e. The molecule has 0 aliphatic carbocycles. The summed E-state index contributed by atoms with van der Waals surface area (Å²) in [5.74, 6) is 1.85. The standard InChI is InChI=1S/C51H30N4O2/c1-3-13-31(14-4-1)49-52-50(32-15-5-2-6-16-32)54-51(53-49)34-26-28-45-40(30-34)47-35(19-12-24-46(47)56-45)33-25-27-44-39(29-33)38-20-11-23-43(48(38)57-44)55-41-21-9-7-17-36(41)37-18-8-10-22-42(37)55/h1-30H. The van der Waals surface area contributed by atoms with Crippen LogP contribution in [0.5, 0.6) is 0 Å². The second-order valence-corrected chi connectivity index (χ2v) is 14.4. The molecule has 0 aliphatic rings. The van der Waals surface area contributed by atoms with Crippen LogP contribution in [0.3, 0.4) is 0 Å². The molecule has 4 heterocycles. The molecule has 4 aromatic heterocycles. The molecule has 0 atom stereocenters. The Morgan fingerprint density at radius 2 is 0.895 bits per heavy atom. The van der Waals surface area contributed by atoms with Gasteiger partial charge in [-0.1, -0.05) is 127 Å². The smallest absolute Gasteiger partial charge is 0.164 e. The van der Waals surface area contributed by atoms with Gasteiger partial charge in [0.15, 0.2) is 23.1 Å². The lowest BCUT2D eigenvalue weighted by molar-refractivity contribution is 0.666. The molecule has 6 nitrogen and oxygen atoms in total.